The van der Waals surface area contributed by atoms with Gasteiger partial charge in [-0.25, -0.2) is 26.8 Å². The molecule has 2 aromatic carbocycles. The molecule has 2 fully saturated rings. The highest BCUT2D eigenvalue weighted by Crippen LogP contribution is 2.36. The molecule has 6 heterocycles. The number of hydrogen-bond donors (Lipinski definition) is 4. The van der Waals surface area contributed by atoms with Crippen molar-refractivity contribution in [2.24, 2.45) is 14.1 Å². The summed E-state index contributed by atoms with van der Waals surface area (Å²) in [6.07, 6.45) is 5.30. The zero-order chi connectivity index (χ0) is 59.3. The number of aromatic nitrogens is 8. The summed E-state index contributed by atoms with van der Waals surface area (Å²) in [5.41, 5.74) is 3.08. The van der Waals surface area contributed by atoms with Crippen LogP contribution in [-0.2, 0) is 56.6 Å². The van der Waals surface area contributed by atoms with Crippen LogP contribution in [0.1, 0.15) is 77.6 Å². The Morgan fingerprint density at radius 3 is 1.43 bits per heavy atom. The standard InChI is InChI=1S/C27H39N7O8S.C26H38N6O6S/c1-5-9-22-24-25(31(3)30-22)27(35)29-26(28-24)21-16-20(10-11-23(21)41-6-2)43(38,39)33-17-19(18-33)32(12-7-14-40-4)13-8-15-42-34(36)37;1-4-8-21-23-24(30(3)29-21)26(35)28-25(27-23)20-15-19(9-10-22(20)38-5-2)39(36,37)32-16-18(17-32)31(11-6-13-33)12-7-14-34/h10-11,16,19H,5-9,12-15,17-18H2,1-4H3,(H,28,29,35);9-10,15,18,33-34H,4-8,11-14,16-17H2,1-3H3,(H,27,28,35). The molecule has 82 heavy (non-hydrogen) atoms. The third kappa shape index (κ3) is 14.5. The van der Waals surface area contributed by atoms with Crippen LogP contribution in [0.2, 0.25) is 0 Å². The van der Waals surface area contributed by atoms with Gasteiger partial charge >= 0.3 is 0 Å². The number of rotatable bonds is 31. The molecule has 0 radical (unpaired) electrons. The molecule has 4 aromatic heterocycles. The first kappa shape index (κ1) is 63.1. The Balaban J connectivity index is 0.000000237. The monoisotopic (exact) mass is 1180 g/mol. The molecule has 29 heteroatoms. The number of fused-ring (bicyclic) bond motifs is 2. The molecule has 0 bridgehead atoms. The largest absolute Gasteiger partial charge is 0.493 e. The number of aliphatic hydroxyl groups excluding tert-OH is 2. The van der Waals surface area contributed by atoms with Crippen LogP contribution >= 0.6 is 0 Å². The lowest BCUT2D eigenvalue weighted by Gasteiger charge is -2.44. The smallest absolute Gasteiger partial charge is 0.294 e. The maximum atomic E-state index is 13.7. The fraction of sp³-hybridized carbons (Fsp3) is 0.585. The number of benzene rings is 2. The number of ether oxygens (including phenoxy) is 3. The van der Waals surface area contributed by atoms with Crippen molar-refractivity contribution < 1.29 is 51.2 Å². The van der Waals surface area contributed by atoms with Crippen LogP contribution in [0.15, 0.2) is 55.8 Å². The molecular formula is C53H77N13O14S2. The molecule has 2 saturated heterocycles. The van der Waals surface area contributed by atoms with E-state index in [1.165, 1.54) is 42.2 Å². The minimum Gasteiger partial charge on any atom is -0.493 e. The van der Waals surface area contributed by atoms with Crippen molar-refractivity contribution in [1.29, 1.82) is 0 Å². The minimum atomic E-state index is -3.88. The summed E-state index contributed by atoms with van der Waals surface area (Å²) in [5, 5.41) is 37.0. The third-order valence-electron chi connectivity index (χ3n) is 14.3. The van der Waals surface area contributed by atoms with Crippen molar-refractivity contribution in [3.63, 3.8) is 0 Å². The zero-order valence-electron chi connectivity index (χ0n) is 47.7. The van der Waals surface area contributed by atoms with E-state index in [0.717, 1.165) is 19.3 Å². The Morgan fingerprint density at radius 2 is 1.06 bits per heavy atom. The molecule has 0 atom stereocenters. The van der Waals surface area contributed by atoms with Gasteiger partial charge in [-0.05, 0) is 88.8 Å². The Kier molecular flexibility index (Phi) is 22.1. The number of hydrogen-bond acceptors (Lipinski definition) is 20. The van der Waals surface area contributed by atoms with Gasteiger partial charge in [-0.15, -0.1) is 10.1 Å². The van der Waals surface area contributed by atoms with E-state index in [9.17, 15) is 46.8 Å². The Bertz CT molecular complexity index is 3480. The van der Waals surface area contributed by atoms with E-state index in [4.69, 9.17) is 24.2 Å². The molecule has 450 valence electrons. The molecule has 0 amide bonds. The number of aliphatic hydroxyl groups is 2. The van der Waals surface area contributed by atoms with E-state index in [0.29, 0.717) is 147 Å². The fourth-order valence-corrected chi connectivity index (χ4v) is 13.2. The molecule has 6 aromatic rings. The number of H-pyrrole nitrogens is 2. The number of methoxy groups -OCH3 is 1. The van der Waals surface area contributed by atoms with Crippen molar-refractivity contribution >= 4 is 42.1 Å². The zero-order valence-corrected chi connectivity index (χ0v) is 49.3. The van der Waals surface area contributed by atoms with Gasteiger partial charge in [-0.1, -0.05) is 26.7 Å². The molecular weight excluding hydrogens is 1110 g/mol. The maximum Gasteiger partial charge on any atom is 0.294 e. The van der Waals surface area contributed by atoms with Gasteiger partial charge in [0.05, 0.1) is 52.1 Å². The molecule has 2 aliphatic rings. The first-order valence-electron chi connectivity index (χ1n) is 27.8. The van der Waals surface area contributed by atoms with E-state index < -0.39 is 25.1 Å². The first-order chi connectivity index (χ1) is 39.3. The van der Waals surface area contributed by atoms with E-state index >= 15 is 0 Å². The van der Waals surface area contributed by atoms with Gasteiger partial charge in [0, 0.05) is 105 Å². The van der Waals surface area contributed by atoms with Crippen LogP contribution in [0, 0.1) is 10.1 Å². The highest BCUT2D eigenvalue weighted by atomic mass is 32.2. The SMILES string of the molecule is CCCc1nn(C)c2c(=O)[nH]c(-c3cc(S(=O)(=O)N4CC(N(CCCO)CCCO)C4)ccc3OCC)nc12.CCCc1nn(C)c2c(=O)[nH]c(-c3cc(S(=O)(=O)N4CC(N(CCCOC)CCCO[N+](=O)[O-])C4)ccc3OCC)nc12. The van der Waals surface area contributed by atoms with Gasteiger partial charge in [0.25, 0.3) is 16.2 Å². The highest BCUT2D eigenvalue weighted by Gasteiger charge is 2.41. The van der Waals surface area contributed by atoms with Crippen molar-refractivity contribution in [3.05, 3.63) is 78.6 Å². The lowest BCUT2D eigenvalue weighted by atomic mass is 10.1. The number of nitrogens with one attached hydrogen (secondary N) is 2. The highest BCUT2D eigenvalue weighted by molar-refractivity contribution is 7.89. The summed E-state index contributed by atoms with van der Waals surface area (Å²) in [6, 6.07) is 9.13. The van der Waals surface area contributed by atoms with Crippen LogP contribution in [0.3, 0.4) is 0 Å². The molecule has 8 rings (SSSR count). The van der Waals surface area contributed by atoms with Crippen LogP contribution < -0.4 is 20.6 Å². The molecule has 2 aliphatic heterocycles. The average Bonchev–Trinajstić information content (AvgIpc) is 4.02. The van der Waals surface area contributed by atoms with E-state index in [2.05, 4.69) is 34.8 Å². The Hall–Kier alpha value is -6.44. The van der Waals surface area contributed by atoms with Crippen molar-refractivity contribution in [1.82, 2.24) is 57.9 Å². The molecule has 0 unspecified atom stereocenters. The second-order valence-electron chi connectivity index (χ2n) is 20.0. The second-order valence-corrected chi connectivity index (χ2v) is 23.9. The number of aryl methyl sites for hydroxylation is 4. The van der Waals surface area contributed by atoms with E-state index in [1.54, 1.807) is 33.3 Å². The topological polar surface area (TPSA) is 329 Å². The maximum absolute atomic E-state index is 13.7. The number of aromatic amines is 2. The molecule has 4 N–H and O–H groups in total. The summed E-state index contributed by atoms with van der Waals surface area (Å²) in [4.78, 5) is 60.4. The van der Waals surface area contributed by atoms with Crippen molar-refractivity contribution in [3.8, 4) is 34.3 Å². The van der Waals surface area contributed by atoms with Gasteiger partial charge in [0.2, 0.25) is 20.0 Å². The normalized spacial score (nSPS) is 14.6. The van der Waals surface area contributed by atoms with Gasteiger partial charge in [-0.3, -0.25) is 28.8 Å². The number of sulfonamides is 2. The van der Waals surface area contributed by atoms with E-state index in [1.807, 2.05) is 27.7 Å². The molecule has 27 nitrogen and oxygen atoms in total. The lowest BCUT2D eigenvalue weighted by molar-refractivity contribution is -0.757. The molecule has 0 saturated carbocycles. The summed E-state index contributed by atoms with van der Waals surface area (Å²) in [6.45, 7) is 12.6. The Morgan fingerprint density at radius 1 is 0.659 bits per heavy atom. The average molecular weight is 1180 g/mol. The van der Waals surface area contributed by atoms with E-state index in [-0.39, 0.29) is 77.6 Å². The van der Waals surface area contributed by atoms with Gasteiger partial charge in [0.1, 0.15) is 34.2 Å². The summed E-state index contributed by atoms with van der Waals surface area (Å²) in [5.74, 6) is 1.23. The van der Waals surface area contributed by atoms with Crippen molar-refractivity contribution in [2.45, 2.75) is 101 Å². The summed E-state index contributed by atoms with van der Waals surface area (Å²) >= 11 is 0. The third-order valence-corrected chi connectivity index (χ3v) is 17.9. The quantitative estimate of drug-likeness (QED) is 0.0276. The van der Waals surface area contributed by atoms with Crippen LogP contribution in [0.4, 0.5) is 0 Å². The second kappa shape index (κ2) is 28.7. The summed E-state index contributed by atoms with van der Waals surface area (Å²) in [7, 11) is -2.70. The first-order valence-corrected chi connectivity index (χ1v) is 30.7. The fourth-order valence-electron chi connectivity index (χ4n) is 10.1. The van der Waals surface area contributed by atoms with Crippen LogP contribution in [0.25, 0.3) is 44.8 Å². The van der Waals surface area contributed by atoms with Gasteiger partial charge in [-0.2, -0.15) is 18.8 Å². The Labute approximate surface area is 476 Å². The van der Waals surface area contributed by atoms with Crippen molar-refractivity contribution in [2.75, 3.05) is 99.1 Å². The minimum absolute atomic E-state index is 0.0167. The lowest BCUT2D eigenvalue weighted by Crippen LogP contribution is -2.61. The summed E-state index contributed by atoms with van der Waals surface area (Å²) < 4.78 is 77.1. The van der Waals surface area contributed by atoms with Crippen LogP contribution in [-0.4, -0.2) is 201 Å². The molecule has 0 spiro atoms. The van der Waals surface area contributed by atoms with Crippen LogP contribution in [0.5, 0.6) is 11.5 Å². The van der Waals surface area contributed by atoms with Gasteiger partial charge in [0.15, 0.2) is 11.0 Å². The molecule has 0 aliphatic carbocycles. The van der Waals surface area contributed by atoms with Gasteiger partial charge < -0.3 is 39.2 Å². The predicted octanol–water partition coefficient (Wildman–Crippen LogP) is 3.10. The predicted molar refractivity (Wildman–Crippen MR) is 305 cm³/mol. The number of nitrogens with zero attached hydrogens (tertiary/aromatic N) is 11.